The maximum atomic E-state index is 12.8. The first-order chi connectivity index (χ1) is 13.0. The van der Waals surface area contributed by atoms with Crippen LogP contribution in [0, 0.1) is 0 Å². The van der Waals surface area contributed by atoms with Crippen LogP contribution in [0.15, 0.2) is 59.8 Å². The van der Waals surface area contributed by atoms with Crippen molar-refractivity contribution in [3.05, 3.63) is 70.4 Å². The third kappa shape index (κ3) is 3.61. The van der Waals surface area contributed by atoms with Crippen molar-refractivity contribution in [1.29, 1.82) is 0 Å². The molecule has 1 heterocycles. The Morgan fingerprint density at radius 1 is 1.07 bits per heavy atom. The average molecular weight is 387 g/mol. The first-order valence-corrected chi connectivity index (χ1v) is 8.63. The van der Waals surface area contributed by atoms with Crippen molar-refractivity contribution in [1.82, 2.24) is 5.32 Å². The van der Waals surface area contributed by atoms with Gasteiger partial charge in [0.05, 0.1) is 31.5 Å². The zero-order valence-electron chi connectivity index (χ0n) is 15.2. The molecule has 0 fully saturated rings. The molecule has 2 aromatic carbocycles. The molecule has 1 atom stereocenters. The molecule has 2 aromatic rings. The number of ether oxygens (including phenoxy) is 2. The summed E-state index contributed by atoms with van der Waals surface area (Å²) in [7, 11) is 2.88. The van der Waals surface area contributed by atoms with Gasteiger partial charge in [-0.25, -0.2) is 9.59 Å². The first kappa shape index (κ1) is 18.8. The van der Waals surface area contributed by atoms with Crippen molar-refractivity contribution in [3.63, 3.8) is 0 Å². The molecular weight excluding hydrogens is 368 g/mol. The van der Waals surface area contributed by atoms with Crippen LogP contribution in [-0.4, -0.2) is 26.2 Å². The number of urea groups is 1. The zero-order chi connectivity index (χ0) is 19.6. The summed E-state index contributed by atoms with van der Waals surface area (Å²) < 4.78 is 10.1. The quantitative estimate of drug-likeness (QED) is 0.804. The molecular formula is C20H19ClN2O4. The van der Waals surface area contributed by atoms with E-state index in [4.69, 9.17) is 21.1 Å². The summed E-state index contributed by atoms with van der Waals surface area (Å²) in [6.45, 7) is 1.72. The Morgan fingerprint density at radius 2 is 1.70 bits per heavy atom. The largest absolute Gasteiger partial charge is 0.497 e. The molecule has 1 unspecified atom stereocenters. The molecule has 0 bridgehead atoms. The van der Waals surface area contributed by atoms with E-state index in [1.807, 2.05) is 0 Å². The number of amides is 2. The lowest BCUT2D eigenvalue weighted by atomic mass is 9.94. The van der Waals surface area contributed by atoms with Gasteiger partial charge in [0.25, 0.3) is 0 Å². The topological polar surface area (TPSA) is 67.9 Å². The minimum absolute atomic E-state index is 0.342. The summed E-state index contributed by atoms with van der Waals surface area (Å²) in [6.07, 6.45) is 0. The molecule has 0 aromatic heterocycles. The molecule has 6 nitrogen and oxygen atoms in total. The number of nitrogens with zero attached hydrogens (tertiary/aromatic N) is 1. The van der Waals surface area contributed by atoms with Crippen molar-refractivity contribution in [3.8, 4) is 5.75 Å². The average Bonchev–Trinajstić information content (AvgIpc) is 2.68. The molecule has 0 radical (unpaired) electrons. The number of allylic oxidation sites excluding steroid dienone is 1. The highest BCUT2D eigenvalue weighted by atomic mass is 35.5. The summed E-state index contributed by atoms with van der Waals surface area (Å²) in [5.74, 6) is 0.163. The number of halogens is 1. The number of methoxy groups -OCH3 is 2. The van der Waals surface area contributed by atoms with Gasteiger partial charge in [-0.2, -0.15) is 0 Å². The number of esters is 1. The third-order valence-corrected chi connectivity index (χ3v) is 4.68. The van der Waals surface area contributed by atoms with Crippen LogP contribution in [0.25, 0.3) is 0 Å². The molecule has 140 valence electrons. The minimum Gasteiger partial charge on any atom is -0.497 e. The van der Waals surface area contributed by atoms with Crippen LogP contribution >= 0.6 is 11.6 Å². The summed E-state index contributed by atoms with van der Waals surface area (Å²) in [5, 5.41) is 3.45. The Kier molecular flexibility index (Phi) is 5.37. The maximum Gasteiger partial charge on any atom is 0.337 e. The second-order valence-corrected chi connectivity index (χ2v) is 6.39. The van der Waals surface area contributed by atoms with Gasteiger partial charge in [0.2, 0.25) is 0 Å². The predicted molar refractivity (Wildman–Crippen MR) is 103 cm³/mol. The monoisotopic (exact) mass is 386 g/mol. The molecule has 2 amide bonds. The predicted octanol–water partition coefficient (Wildman–Crippen LogP) is 4.07. The van der Waals surface area contributed by atoms with Gasteiger partial charge in [-0.3, -0.25) is 4.90 Å². The van der Waals surface area contributed by atoms with Crippen LogP contribution in [0.3, 0.4) is 0 Å². The smallest absolute Gasteiger partial charge is 0.337 e. The molecule has 7 heteroatoms. The third-order valence-electron chi connectivity index (χ3n) is 4.42. The van der Waals surface area contributed by atoms with Crippen LogP contribution < -0.4 is 15.0 Å². The number of carbonyl (C=O) groups excluding carboxylic acids is 2. The Hall–Kier alpha value is -2.99. The highest BCUT2D eigenvalue weighted by Crippen LogP contribution is 2.34. The van der Waals surface area contributed by atoms with Crippen LogP contribution in [0.1, 0.15) is 18.5 Å². The molecule has 3 rings (SSSR count). The van der Waals surface area contributed by atoms with Gasteiger partial charge < -0.3 is 14.8 Å². The number of hydrogen-bond donors (Lipinski definition) is 1. The lowest BCUT2D eigenvalue weighted by Gasteiger charge is -2.35. The van der Waals surface area contributed by atoms with E-state index in [0.29, 0.717) is 27.7 Å². The number of anilines is 1. The number of benzene rings is 2. The van der Waals surface area contributed by atoms with E-state index in [1.165, 1.54) is 12.0 Å². The van der Waals surface area contributed by atoms with Gasteiger partial charge in [0.1, 0.15) is 5.75 Å². The van der Waals surface area contributed by atoms with Crippen molar-refractivity contribution in [2.75, 3.05) is 19.1 Å². The van der Waals surface area contributed by atoms with E-state index in [0.717, 1.165) is 5.56 Å². The van der Waals surface area contributed by atoms with E-state index in [9.17, 15) is 9.59 Å². The molecule has 0 spiro atoms. The molecule has 0 saturated heterocycles. The fourth-order valence-electron chi connectivity index (χ4n) is 3.06. The highest BCUT2D eigenvalue weighted by molar-refractivity contribution is 6.30. The van der Waals surface area contributed by atoms with Crippen LogP contribution in [0.4, 0.5) is 10.5 Å². The number of rotatable bonds is 4. The number of carbonyl (C=O) groups is 2. The van der Waals surface area contributed by atoms with Crippen molar-refractivity contribution in [2.45, 2.75) is 13.0 Å². The second kappa shape index (κ2) is 7.72. The van der Waals surface area contributed by atoms with Crippen LogP contribution in [-0.2, 0) is 9.53 Å². The number of nitrogens with one attached hydrogen (secondary N) is 1. The molecule has 0 saturated carbocycles. The van der Waals surface area contributed by atoms with Crippen molar-refractivity contribution in [2.24, 2.45) is 0 Å². The first-order valence-electron chi connectivity index (χ1n) is 8.25. The standard InChI is InChI=1S/C20H19ClN2O4/c1-12-17(19(24)27-3)18(13-4-6-14(21)7-5-13)22-20(25)23(12)15-8-10-16(26-2)11-9-15/h4-11,18H,1-3H3,(H,22,25). The van der Waals surface area contributed by atoms with Crippen LogP contribution in [0.5, 0.6) is 5.75 Å². The molecule has 0 aliphatic carbocycles. The lowest BCUT2D eigenvalue weighted by Crippen LogP contribution is -2.48. The Morgan fingerprint density at radius 3 is 2.26 bits per heavy atom. The minimum atomic E-state index is -0.628. The maximum absolute atomic E-state index is 12.8. The molecule has 27 heavy (non-hydrogen) atoms. The van der Waals surface area contributed by atoms with Crippen LogP contribution in [0.2, 0.25) is 5.02 Å². The molecule has 1 aliphatic heterocycles. The highest BCUT2D eigenvalue weighted by Gasteiger charge is 2.36. The molecule has 1 aliphatic rings. The molecule has 1 N–H and O–H groups in total. The summed E-state index contributed by atoms with van der Waals surface area (Å²) in [6, 6.07) is 13.0. The summed E-state index contributed by atoms with van der Waals surface area (Å²) >= 11 is 5.95. The van der Waals surface area contributed by atoms with E-state index in [1.54, 1.807) is 62.6 Å². The lowest BCUT2D eigenvalue weighted by molar-refractivity contribution is -0.136. The van der Waals surface area contributed by atoms with E-state index < -0.39 is 12.0 Å². The SMILES string of the molecule is COC(=O)C1=C(C)N(c2ccc(OC)cc2)C(=O)NC1c1ccc(Cl)cc1. The Labute approximate surface area is 162 Å². The second-order valence-electron chi connectivity index (χ2n) is 5.96. The van der Waals surface area contributed by atoms with Gasteiger partial charge >= 0.3 is 12.0 Å². The number of hydrogen-bond acceptors (Lipinski definition) is 4. The van der Waals surface area contributed by atoms with Gasteiger partial charge in [0, 0.05) is 10.7 Å². The van der Waals surface area contributed by atoms with Gasteiger partial charge in [-0.15, -0.1) is 0 Å². The van der Waals surface area contributed by atoms with E-state index >= 15 is 0 Å². The zero-order valence-corrected chi connectivity index (χ0v) is 15.9. The van der Waals surface area contributed by atoms with Crippen molar-refractivity contribution >= 4 is 29.3 Å². The van der Waals surface area contributed by atoms with Gasteiger partial charge in [-0.1, -0.05) is 23.7 Å². The fraction of sp³-hybridized carbons (Fsp3) is 0.200. The summed E-state index contributed by atoms with van der Waals surface area (Å²) in [4.78, 5) is 26.8. The van der Waals surface area contributed by atoms with Gasteiger partial charge in [0.15, 0.2) is 0 Å². The Bertz CT molecular complexity index is 891. The normalized spacial score (nSPS) is 16.8. The fourth-order valence-corrected chi connectivity index (χ4v) is 3.19. The summed E-state index contributed by atoms with van der Waals surface area (Å²) in [5.41, 5.74) is 2.20. The van der Waals surface area contributed by atoms with Crippen molar-refractivity contribution < 1.29 is 19.1 Å². The van der Waals surface area contributed by atoms with E-state index in [-0.39, 0.29) is 6.03 Å². The Balaban J connectivity index is 2.09. The van der Waals surface area contributed by atoms with Gasteiger partial charge in [-0.05, 0) is 48.9 Å². The van der Waals surface area contributed by atoms with E-state index in [2.05, 4.69) is 5.32 Å².